The van der Waals surface area contributed by atoms with Crippen molar-refractivity contribution in [2.45, 2.75) is 79.1 Å². The van der Waals surface area contributed by atoms with Crippen molar-refractivity contribution in [2.24, 2.45) is 11.8 Å². The van der Waals surface area contributed by atoms with E-state index in [0.29, 0.717) is 36.8 Å². The summed E-state index contributed by atoms with van der Waals surface area (Å²) in [5.74, 6) is 3.60. The van der Waals surface area contributed by atoms with Gasteiger partial charge in [-0.3, -0.25) is 0 Å². The molecule has 0 bridgehead atoms. The highest BCUT2D eigenvalue weighted by Gasteiger charge is 2.18. The van der Waals surface area contributed by atoms with Gasteiger partial charge in [0, 0.05) is 5.56 Å². The summed E-state index contributed by atoms with van der Waals surface area (Å²) in [5, 5.41) is 8.65. The van der Waals surface area contributed by atoms with Crippen molar-refractivity contribution in [3.8, 4) is 34.4 Å². The predicted octanol–water partition coefficient (Wildman–Crippen LogP) is 8.59. The topological polar surface area (TPSA) is 57.4 Å². The van der Waals surface area contributed by atoms with Gasteiger partial charge in [-0.05, 0) is 55.0 Å². The Morgan fingerprint density at radius 2 is 1.37 bits per heavy atom. The van der Waals surface area contributed by atoms with Crippen LogP contribution in [0, 0.1) is 11.8 Å². The molecule has 5 heteroatoms. The van der Waals surface area contributed by atoms with Gasteiger partial charge in [-0.2, -0.15) is 0 Å². The average Bonchev–Trinajstić information content (AvgIpc) is 3.40. The van der Waals surface area contributed by atoms with Crippen LogP contribution in [0.1, 0.15) is 79.1 Å². The summed E-state index contributed by atoms with van der Waals surface area (Å²) in [7, 11) is 0. The minimum atomic E-state index is 0.448. The quantitative estimate of drug-likeness (QED) is 0.206. The van der Waals surface area contributed by atoms with Crippen molar-refractivity contribution in [2.75, 3.05) is 13.2 Å². The molecule has 0 fully saturated rings. The molecule has 0 radical (unpaired) electrons. The van der Waals surface area contributed by atoms with Gasteiger partial charge in [0.15, 0.2) is 0 Å². The van der Waals surface area contributed by atoms with E-state index in [1.807, 2.05) is 48.5 Å². The first-order valence-corrected chi connectivity index (χ1v) is 13.5. The molecule has 1 aromatic heterocycles. The molecule has 2 atom stereocenters. The minimum Gasteiger partial charge on any atom is -0.493 e. The largest absolute Gasteiger partial charge is 0.493 e. The lowest BCUT2D eigenvalue weighted by Crippen LogP contribution is -2.12. The van der Waals surface area contributed by atoms with Crippen LogP contribution < -0.4 is 9.47 Å². The zero-order valence-corrected chi connectivity index (χ0v) is 22.0. The van der Waals surface area contributed by atoms with E-state index in [2.05, 4.69) is 37.9 Å². The summed E-state index contributed by atoms with van der Waals surface area (Å²) in [4.78, 5) is 0. The van der Waals surface area contributed by atoms with Crippen LogP contribution >= 0.6 is 0 Å². The Hall–Kier alpha value is -2.82. The molecule has 1 heterocycles. The van der Waals surface area contributed by atoms with Crippen molar-refractivity contribution < 1.29 is 13.9 Å². The molecule has 5 nitrogen and oxygen atoms in total. The normalized spacial score (nSPS) is 12.9. The molecule has 190 valence electrons. The third-order valence-corrected chi connectivity index (χ3v) is 6.67. The van der Waals surface area contributed by atoms with Crippen molar-refractivity contribution in [1.29, 1.82) is 0 Å². The third kappa shape index (κ3) is 8.12. The number of nitrogens with zero attached hydrogens (tertiary/aromatic N) is 2. The number of hydrogen-bond acceptors (Lipinski definition) is 5. The van der Waals surface area contributed by atoms with Crippen LogP contribution in [0.15, 0.2) is 52.9 Å². The summed E-state index contributed by atoms with van der Waals surface area (Å²) in [6.07, 6.45) is 9.47. The predicted molar refractivity (Wildman–Crippen MR) is 143 cm³/mol. The molecule has 0 saturated carbocycles. The molecule has 0 saturated heterocycles. The van der Waals surface area contributed by atoms with Crippen molar-refractivity contribution in [3.63, 3.8) is 0 Å². The number of benzene rings is 2. The molecular formula is C30H42N2O3. The van der Waals surface area contributed by atoms with E-state index in [0.717, 1.165) is 35.5 Å². The lowest BCUT2D eigenvalue weighted by atomic mass is 10.0. The molecule has 0 aliphatic carbocycles. The number of rotatable bonds is 16. The molecule has 0 amide bonds. The van der Waals surface area contributed by atoms with Crippen LogP contribution in [0.3, 0.4) is 0 Å². The van der Waals surface area contributed by atoms with E-state index < -0.39 is 0 Å². The summed E-state index contributed by atoms with van der Waals surface area (Å²) in [6, 6.07) is 15.8. The van der Waals surface area contributed by atoms with Gasteiger partial charge in [-0.25, -0.2) is 0 Å². The first-order valence-electron chi connectivity index (χ1n) is 13.5. The Kier molecular flexibility index (Phi) is 11.1. The van der Waals surface area contributed by atoms with Crippen LogP contribution in [0.5, 0.6) is 11.5 Å². The Labute approximate surface area is 211 Å². The van der Waals surface area contributed by atoms with Gasteiger partial charge in [-0.1, -0.05) is 84.4 Å². The van der Waals surface area contributed by atoms with Gasteiger partial charge < -0.3 is 13.9 Å². The van der Waals surface area contributed by atoms with E-state index in [4.69, 9.17) is 13.9 Å². The fourth-order valence-electron chi connectivity index (χ4n) is 4.14. The van der Waals surface area contributed by atoms with Crippen molar-refractivity contribution >= 4 is 0 Å². The van der Waals surface area contributed by atoms with E-state index in [-0.39, 0.29) is 0 Å². The van der Waals surface area contributed by atoms with Crippen LogP contribution in [0.4, 0.5) is 0 Å². The molecule has 0 aliphatic rings. The first-order chi connectivity index (χ1) is 17.2. The standard InChI is InChI=1S/C30H42N2O3/c1-5-9-14-23(7-3)21-33-26-18-19-28(34-22-24(8-4)15-10-6-2)27(20-26)30-32-31-29(35-30)25-16-12-11-13-17-25/h11-13,16-20,23-24H,5-10,14-15,21-22H2,1-4H3. The molecule has 3 rings (SSSR count). The molecule has 0 N–H and O–H groups in total. The second-order valence-electron chi connectivity index (χ2n) is 9.39. The number of ether oxygens (including phenoxy) is 2. The maximum absolute atomic E-state index is 6.33. The van der Waals surface area contributed by atoms with Crippen molar-refractivity contribution in [3.05, 3.63) is 48.5 Å². The van der Waals surface area contributed by atoms with Crippen molar-refractivity contribution in [1.82, 2.24) is 10.2 Å². The third-order valence-electron chi connectivity index (χ3n) is 6.67. The first kappa shape index (κ1) is 26.8. The zero-order chi connectivity index (χ0) is 24.9. The molecule has 3 aromatic rings. The molecule has 2 aromatic carbocycles. The van der Waals surface area contributed by atoms with Gasteiger partial charge in [0.2, 0.25) is 5.89 Å². The monoisotopic (exact) mass is 478 g/mol. The highest BCUT2D eigenvalue weighted by Crippen LogP contribution is 2.35. The van der Waals surface area contributed by atoms with E-state index >= 15 is 0 Å². The van der Waals surface area contributed by atoms with Crippen LogP contribution in [-0.4, -0.2) is 23.4 Å². The number of aromatic nitrogens is 2. The van der Waals surface area contributed by atoms with Crippen LogP contribution in [0.25, 0.3) is 22.9 Å². The summed E-state index contributed by atoms with van der Waals surface area (Å²) >= 11 is 0. The number of unbranched alkanes of at least 4 members (excludes halogenated alkanes) is 2. The van der Waals surface area contributed by atoms with E-state index in [9.17, 15) is 0 Å². The Morgan fingerprint density at radius 1 is 0.743 bits per heavy atom. The molecule has 0 spiro atoms. The van der Waals surface area contributed by atoms with Gasteiger partial charge in [-0.15, -0.1) is 10.2 Å². The Bertz CT molecular complexity index is 986. The van der Waals surface area contributed by atoms with E-state index in [1.165, 1.54) is 38.5 Å². The van der Waals surface area contributed by atoms with Crippen LogP contribution in [0.2, 0.25) is 0 Å². The molecule has 0 aliphatic heterocycles. The Balaban J connectivity index is 1.82. The second-order valence-corrected chi connectivity index (χ2v) is 9.39. The smallest absolute Gasteiger partial charge is 0.252 e. The molecular weight excluding hydrogens is 436 g/mol. The lowest BCUT2D eigenvalue weighted by molar-refractivity contribution is 0.228. The molecule has 2 unspecified atom stereocenters. The average molecular weight is 479 g/mol. The lowest BCUT2D eigenvalue weighted by Gasteiger charge is -2.18. The fraction of sp³-hybridized carbons (Fsp3) is 0.533. The van der Waals surface area contributed by atoms with Gasteiger partial charge in [0.25, 0.3) is 5.89 Å². The minimum absolute atomic E-state index is 0.448. The zero-order valence-electron chi connectivity index (χ0n) is 22.0. The van der Waals surface area contributed by atoms with Crippen LogP contribution in [-0.2, 0) is 0 Å². The highest BCUT2D eigenvalue weighted by atomic mass is 16.5. The Morgan fingerprint density at radius 3 is 2.00 bits per heavy atom. The van der Waals surface area contributed by atoms with E-state index in [1.54, 1.807) is 0 Å². The summed E-state index contributed by atoms with van der Waals surface area (Å²) in [5.41, 5.74) is 1.68. The fourth-order valence-corrected chi connectivity index (χ4v) is 4.14. The number of hydrogen-bond donors (Lipinski definition) is 0. The maximum atomic E-state index is 6.33. The SMILES string of the molecule is CCCCC(CC)COc1ccc(OCC(CC)CCCC)c(-c2nnc(-c3ccccc3)o2)c1. The van der Waals surface area contributed by atoms with Gasteiger partial charge in [0.1, 0.15) is 11.5 Å². The second kappa shape index (κ2) is 14.6. The maximum Gasteiger partial charge on any atom is 0.252 e. The van der Waals surface area contributed by atoms with Gasteiger partial charge in [0.05, 0.1) is 18.8 Å². The summed E-state index contributed by atoms with van der Waals surface area (Å²) < 4.78 is 18.6. The highest BCUT2D eigenvalue weighted by molar-refractivity contribution is 5.66. The van der Waals surface area contributed by atoms with Gasteiger partial charge >= 0.3 is 0 Å². The molecule has 35 heavy (non-hydrogen) atoms. The summed E-state index contributed by atoms with van der Waals surface area (Å²) in [6.45, 7) is 10.3.